The Hall–Kier alpha value is 0.536. The van der Waals surface area contributed by atoms with Crippen LogP contribution in [0.15, 0.2) is 0 Å². The van der Waals surface area contributed by atoms with Crippen molar-refractivity contribution in [3.05, 3.63) is 39.9 Å². The fourth-order valence-corrected chi connectivity index (χ4v) is 0.968. The predicted molar refractivity (Wildman–Crippen MR) is 55.8 cm³/mol. The van der Waals surface area contributed by atoms with Gasteiger partial charge in [-0.05, 0) is 0 Å². The van der Waals surface area contributed by atoms with Gasteiger partial charge in [0.05, 0.1) is 0 Å². The van der Waals surface area contributed by atoms with Crippen LogP contribution in [0.3, 0.4) is 0 Å². The molecule has 0 heterocycles. The van der Waals surface area contributed by atoms with Gasteiger partial charge in [0, 0.05) is 34.1 Å². The molecule has 0 N–H and O–H groups in total. The summed E-state index contributed by atoms with van der Waals surface area (Å²) < 4.78 is 46.4. The molecule has 22 heavy (non-hydrogen) atoms. The zero-order chi connectivity index (χ0) is 18.1. The second-order valence-corrected chi connectivity index (χ2v) is 2.22. The van der Waals surface area contributed by atoms with E-state index in [1.165, 1.54) is 17.3 Å². The molecule has 0 rings (SSSR count). The van der Waals surface area contributed by atoms with Gasteiger partial charge in [-0.3, -0.25) is 6.79 Å². The third-order valence-electron chi connectivity index (χ3n) is 0.498. The molecule has 0 spiro atoms. The molecule has 0 aromatic heterocycles. The number of unbranched alkanes of at least 4 members (excludes halogenated alkanes) is 1. The molecule has 0 aromatic rings. The van der Waals surface area contributed by atoms with E-state index in [1.807, 2.05) is 0 Å². The Morgan fingerprint density at radius 2 is 0.864 bits per heavy atom. The van der Waals surface area contributed by atoms with E-state index in [0.717, 1.165) is 0 Å². The molecular weight excluding hydrogens is 490 g/mol. The normalized spacial score (nSPS) is 2.64. The monoisotopic (exact) mass is 503 g/mol. The molecule has 1 radical (unpaired) electrons. The first kappa shape index (κ1) is 78.5. The van der Waals surface area contributed by atoms with Crippen molar-refractivity contribution in [3.63, 3.8) is 0 Å². The summed E-state index contributed by atoms with van der Waals surface area (Å²) in [7, 11) is 0. The Morgan fingerprint density at radius 3 is 0.864 bits per heavy atom. The van der Waals surface area contributed by atoms with Gasteiger partial charge < -0.3 is 4.79 Å². The second-order valence-electron chi connectivity index (χ2n) is 1.06. The first-order valence-corrected chi connectivity index (χ1v) is 5.10. The van der Waals surface area contributed by atoms with Crippen molar-refractivity contribution in [2.45, 2.75) is 24.2 Å². The van der Waals surface area contributed by atoms with E-state index in [4.69, 9.17) is 32.7 Å². The summed E-state index contributed by atoms with van der Waals surface area (Å²) in [5.41, 5.74) is 0. The summed E-state index contributed by atoms with van der Waals surface area (Å²) in [6, 6.07) is 0. The quantitative estimate of drug-likeness (QED) is 0.182. The molecule has 0 unspecified atom stereocenters. The number of carbonyl (C=O) groups excluding carboxylic acids is 1. The van der Waals surface area contributed by atoms with Crippen LogP contribution in [0.5, 0.6) is 0 Å². The fourth-order valence-electron chi connectivity index (χ4n) is 0.144. The Labute approximate surface area is 177 Å². The Morgan fingerprint density at radius 1 is 0.727 bits per heavy atom. The molecule has 0 aromatic carbocycles. The van der Waals surface area contributed by atoms with E-state index in [0.29, 0.717) is 0 Å². The third kappa shape index (κ3) is 1220. The number of hydrogen-bond acceptors (Lipinski definition) is 1. The maximum Gasteiger partial charge on any atom is 1.00 e. The van der Waals surface area contributed by atoms with Crippen molar-refractivity contribution >= 4 is 29.1 Å². The van der Waals surface area contributed by atoms with E-state index in [2.05, 4.69) is 75.9 Å². The molecule has 0 atom stereocenters. The van der Waals surface area contributed by atoms with Crippen molar-refractivity contribution in [3.8, 4) is 0 Å². The molecule has 0 saturated heterocycles. The average molecular weight is 500 g/mol. The van der Waals surface area contributed by atoms with Gasteiger partial charge in [0.2, 0.25) is 0 Å². The smallest absolute Gasteiger partial charge is 0.545 e. The summed E-state index contributed by atoms with van der Waals surface area (Å²) in [6.45, 7) is 32.5. The maximum absolute atomic E-state index is 7.75. The van der Waals surface area contributed by atoms with E-state index in [1.54, 1.807) is 0 Å². The van der Waals surface area contributed by atoms with Gasteiger partial charge in [-0.25, -0.2) is 0 Å². The molecule has 0 aliphatic carbocycles. The minimum Gasteiger partial charge on any atom is -0.545 e. The molecule has 0 aliphatic rings. The van der Waals surface area contributed by atoms with Crippen molar-refractivity contribution in [1.82, 2.24) is 0 Å². The fraction of sp³-hybridized carbons (Fsp3) is 0.364. The average Bonchev–Trinajstić information content (AvgIpc) is 2.61. The van der Waals surface area contributed by atoms with E-state index >= 15 is 0 Å². The standard InChI is InChI=1S/C4H9Te.CHO.6CO.2Fe.Li/c1-2-3-4-5;7*1-2;;;/h2-4H2,1H3;1H;;;;;;;;;/q;-1;;;;;;;;;+1. The molecular formula is C11H10Fe2LiO7Te. The SMILES string of the molecule is CCCC[Te].[C-]#[O+].[C-]#[O+].[C-]#[O+].[C-]#[O+].[C-]#[O+].[C-]#[O+].[CH-]=O.[Fe].[Fe].[Li+]. The van der Waals surface area contributed by atoms with Gasteiger partial charge in [-0.1, -0.05) is 0 Å². The molecule has 0 bridgehead atoms. The van der Waals surface area contributed by atoms with Crippen molar-refractivity contribution in [2.75, 3.05) is 0 Å². The summed E-state index contributed by atoms with van der Waals surface area (Å²) >= 11 is 2.15. The largest absolute Gasteiger partial charge is 1.00 e. The Kier molecular flexibility index (Phi) is 2590. The zero-order valence-corrected chi connectivity index (χ0v) is 16.2. The van der Waals surface area contributed by atoms with Gasteiger partial charge in [-0.2, -0.15) is 0 Å². The molecule has 0 aliphatic heterocycles. The molecule has 0 amide bonds. The first-order chi connectivity index (χ1) is 9.41. The van der Waals surface area contributed by atoms with Crippen LogP contribution in [0.2, 0.25) is 4.47 Å². The molecule has 0 fully saturated rings. The molecule has 7 nitrogen and oxygen atoms in total. The van der Waals surface area contributed by atoms with Crippen molar-refractivity contribution in [1.29, 1.82) is 0 Å². The van der Waals surface area contributed by atoms with Crippen LogP contribution in [0.4, 0.5) is 0 Å². The number of rotatable bonds is 2. The minimum absolute atomic E-state index is 0. The van der Waals surface area contributed by atoms with Crippen LogP contribution < -0.4 is 18.9 Å². The Bertz CT molecular complexity index is 158. The third-order valence-corrected chi connectivity index (χ3v) is 1.32. The summed E-state index contributed by atoms with van der Waals surface area (Å²) in [4.78, 5) is 7.75. The van der Waals surface area contributed by atoms with Crippen LogP contribution in [0.25, 0.3) is 0 Å². The molecule has 119 valence electrons. The van der Waals surface area contributed by atoms with Crippen LogP contribution >= 0.6 is 0 Å². The predicted octanol–water partition coefficient (Wildman–Crippen LogP) is -2.13. The molecule has 0 saturated carbocycles. The van der Waals surface area contributed by atoms with Gasteiger partial charge >= 0.3 is 133 Å². The number of hydrogen-bond donors (Lipinski definition) is 0. The second kappa shape index (κ2) is 726. The minimum atomic E-state index is 0. The topological polar surface area (TPSA) is 136 Å². The van der Waals surface area contributed by atoms with Crippen molar-refractivity contribution < 1.29 is 85.7 Å². The van der Waals surface area contributed by atoms with E-state index in [9.17, 15) is 0 Å². The van der Waals surface area contributed by atoms with Crippen LogP contribution in [-0.2, 0) is 66.8 Å². The van der Waals surface area contributed by atoms with Crippen LogP contribution in [0, 0.1) is 39.9 Å². The van der Waals surface area contributed by atoms with Crippen LogP contribution in [-0.4, -0.2) is 29.1 Å². The van der Waals surface area contributed by atoms with Crippen LogP contribution in [0.1, 0.15) is 19.8 Å². The summed E-state index contributed by atoms with van der Waals surface area (Å²) in [5.74, 6) is 0. The van der Waals surface area contributed by atoms with E-state index < -0.39 is 0 Å². The van der Waals surface area contributed by atoms with Gasteiger partial charge in [-0.15, -0.1) is 0 Å². The first-order valence-electron chi connectivity index (χ1n) is 3.46. The summed E-state index contributed by atoms with van der Waals surface area (Å²) in [5, 5.41) is 0. The van der Waals surface area contributed by atoms with Gasteiger partial charge in [0.15, 0.2) is 0 Å². The maximum atomic E-state index is 7.75. The molecule has 11 heteroatoms. The van der Waals surface area contributed by atoms with Gasteiger partial charge in [0.25, 0.3) is 0 Å². The zero-order valence-electron chi connectivity index (χ0n) is 11.7. The van der Waals surface area contributed by atoms with Gasteiger partial charge in [0.1, 0.15) is 0 Å². The van der Waals surface area contributed by atoms with E-state index in [-0.39, 0.29) is 53.0 Å². The summed E-state index contributed by atoms with van der Waals surface area (Å²) in [6.07, 6.45) is 2.74. The van der Waals surface area contributed by atoms with Crippen molar-refractivity contribution in [2.24, 2.45) is 0 Å². The Balaban J connectivity index is -0.00000000715.